The first-order valence-corrected chi connectivity index (χ1v) is 12.3. The number of thiophene rings is 1. The normalized spacial score (nSPS) is 16.7. The van der Waals surface area contributed by atoms with Crippen LogP contribution in [-0.2, 0) is 17.0 Å². The highest BCUT2D eigenvalue weighted by molar-refractivity contribution is 7.15. The van der Waals surface area contributed by atoms with Crippen molar-refractivity contribution in [3.63, 3.8) is 0 Å². The van der Waals surface area contributed by atoms with Crippen LogP contribution in [0.15, 0.2) is 59.6 Å². The molecule has 4 aromatic rings. The summed E-state index contributed by atoms with van der Waals surface area (Å²) in [5.41, 5.74) is 3.40. The molecule has 7 nitrogen and oxygen atoms in total. The first-order valence-electron chi connectivity index (χ1n) is 11.1. The lowest BCUT2D eigenvalue weighted by atomic mass is 9.99. The van der Waals surface area contributed by atoms with Crippen LogP contribution in [0.2, 0.25) is 5.02 Å². The minimum absolute atomic E-state index is 0.147. The third-order valence-corrected chi connectivity index (χ3v) is 7.52. The topological polar surface area (TPSA) is 81.4 Å². The number of fused-ring (bicyclic) bond motifs is 3. The van der Waals surface area contributed by atoms with Gasteiger partial charge in [0.25, 0.3) is 0 Å². The molecule has 5 rings (SSSR count). The van der Waals surface area contributed by atoms with Crippen LogP contribution in [0.5, 0.6) is 0 Å². The summed E-state index contributed by atoms with van der Waals surface area (Å²) in [6, 6.07) is 17.1. The van der Waals surface area contributed by atoms with E-state index in [4.69, 9.17) is 21.3 Å². The lowest BCUT2D eigenvalue weighted by molar-refractivity contribution is 0.127. The summed E-state index contributed by atoms with van der Waals surface area (Å²) in [6.07, 6.45) is -0.596. The number of aromatic nitrogens is 3. The summed E-state index contributed by atoms with van der Waals surface area (Å²) in [7, 11) is 0. The molecule has 0 saturated carbocycles. The maximum Gasteiger partial charge on any atom is 0.409 e. The number of halogens is 1. The number of alkyl carbamates (subject to hydrolysis) is 1. The van der Waals surface area contributed by atoms with Gasteiger partial charge in [-0.2, -0.15) is 0 Å². The Hall–Kier alpha value is -3.49. The molecule has 1 unspecified atom stereocenters. The van der Waals surface area contributed by atoms with Crippen molar-refractivity contribution < 1.29 is 9.53 Å². The maximum atomic E-state index is 13.0. The predicted octanol–water partition coefficient (Wildman–Crippen LogP) is 5.86. The number of rotatable bonds is 4. The minimum atomic E-state index is -1.23. The Morgan fingerprint density at radius 1 is 1.09 bits per heavy atom. The Labute approximate surface area is 212 Å². The molecule has 1 atom stereocenters. The van der Waals surface area contributed by atoms with E-state index in [2.05, 4.69) is 29.4 Å². The van der Waals surface area contributed by atoms with Crippen molar-refractivity contribution in [1.82, 2.24) is 20.1 Å². The second-order valence-electron chi connectivity index (χ2n) is 8.60. The number of hydrogen-bond donors (Lipinski definition) is 1. The molecular formula is C26H24ClN5O2S. The molecule has 0 saturated heterocycles. The van der Waals surface area contributed by atoms with Crippen LogP contribution < -0.4 is 5.32 Å². The number of ether oxygens (including phenoxy) is 1. The third kappa shape index (κ3) is 4.24. The van der Waals surface area contributed by atoms with Crippen molar-refractivity contribution in [2.75, 3.05) is 0 Å². The van der Waals surface area contributed by atoms with Gasteiger partial charge in [0, 0.05) is 21.0 Å². The summed E-state index contributed by atoms with van der Waals surface area (Å²) >= 11 is 7.82. The first kappa shape index (κ1) is 23.3. The molecule has 1 aliphatic heterocycles. The van der Waals surface area contributed by atoms with E-state index in [1.165, 1.54) is 4.88 Å². The van der Waals surface area contributed by atoms with Crippen LogP contribution in [-0.4, -0.2) is 26.6 Å². The van der Waals surface area contributed by atoms with E-state index in [1.807, 2.05) is 73.0 Å². The number of nitrogens with one attached hydrogen (secondary N) is 1. The second-order valence-corrected chi connectivity index (χ2v) is 10.2. The lowest BCUT2D eigenvalue weighted by Gasteiger charge is -2.25. The first-order chi connectivity index (χ1) is 16.8. The van der Waals surface area contributed by atoms with Gasteiger partial charge in [-0.1, -0.05) is 54.1 Å². The Kier molecular flexibility index (Phi) is 5.94. The fourth-order valence-electron chi connectivity index (χ4n) is 4.15. The van der Waals surface area contributed by atoms with Crippen LogP contribution in [0, 0.1) is 20.8 Å². The van der Waals surface area contributed by atoms with E-state index in [-0.39, 0.29) is 6.61 Å². The van der Waals surface area contributed by atoms with Gasteiger partial charge in [-0.25, -0.2) is 9.79 Å². The van der Waals surface area contributed by atoms with Gasteiger partial charge in [0.1, 0.15) is 17.4 Å². The lowest BCUT2D eigenvalue weighted by Crippen LogP contribution is -2.44. The summed E-state index contributed by atoms with van der Waals surface area (Å²) in [5, 5.41) is 13.3. The average Bonchev–Trinajstić information content (AvgIpc) is 3.34. The highest BCUT2D eigenvalue weighted by Crippen LogP contribution is 2.40. The van der Waals surface area contributed by atoms with Gasteiger partial charge < -0.3 is 4.74 Å². The summed E-state index contributed by atoms with van der Waals surface area (Å²) in [6.45, 7) is 8.02. The monoisotopic (exact) mass is 505 g/mol. The van der Waals surface area contributed by atoms with Crippen molar-refractivity contribution in [3.05, 3.63) is 98.4 Å². The van der Waals surface area contributed by atoms with E-state index >= 15 is 0 Å². The fraction of sp³-hybridized carbons (Fsp3) is 0.231. The molecule has 2 aromatic heterocycles. The van der Waals surface area contributed by atoms with E-state index < -0.39 is 11.8 Å². The molecule has 0 spiro atoms. The van der Waals surface area contributed by atoms with Gasteiger partial charge in [0.15, 0.2) is 11.5 Å². The van der Waals surface area contributed by atoms with Crippen molar-refractivity contribution in [3.8, 4) is 5.00 Å². The van der Waals surface area contributed by atoms with Gasteiger partial charge in [0.05, 0.1) is 5.71 Å². The molecule has 2 aromatic carbocycles. The van der Waals surface area contributed by atoms with E-state index in [1.54, 1.807) is 11.3 Å². The van der Waals surface area contributed by atoms with Gasteiger partial charge in [-0.15, -0.1) is 21.5 Å². The zero-order chi connectivity index (χ0) is 24.7. The summed E-state index contributed by atoms with van der Waals surface area (Å²) in [5.74, 6) is 1.22. The number of hydrogen-bond acceptors (Lipinski definition) is 6. The largest absolute Gasteiger partial charge is 0.445 e. The van der Waals surface area contributed by atoms with Gasteiger partial charge >= 0.3 is 6.09 Å². The quantitative estimate of drug-likeness (QED) is 0.377. The van der Waals surface area contributed by atoms with E-state index in [0.717, 1.165) is 33.0 Å². The molecule has 0 radical (unpaired) electrons. The Bertz CT molecular complexity index is 1440. The maximum absolute atomic E-state index is 13.0. The fourth-order valence-corrected chi connectivity index (χ4v) is 5.49. The smallest absolute Gasteiger partial charge is 0.409 e. The standard InChI is InChI=1S/C26H24ClN5O2S/c1-15-16(2)35-23-21(15)22(19-10-12-20(27)13-11-19)28-26(4,24-31-30-17(3)32(23)24)29-25(33)34-14-18-8-6-5-7-9-18/h5-13H,14H2,1-4H3,(H,29,33). The number of aryl methyl sites for hydroxylation is 2. The molecule has 178 valence electrons. The van der Waals surface area contributed by atoms with E-state index in [0.29, 0.717) is 16.7 Å². The molecule has 1 N–H and O–H groups in total. The molecule has 3 heterocycles. The minimum Gasteiger partial charge on any atom is -0.445 e. The predicted molar refractivity (Wildman–Crippen MR) is 138 cm³/mol. The highest BCUT2D eigenvalue weighted by atomic mass is 35.5. The molecule has 0 fully saturated rings. The number of aliphatic imine (C=N–C) groups is 1. The third-order valence-electron chi connectivity index (χ3n) is 6.08. The molecule has 0 aliphatic carbocycles. The van der Waals surface area contributed by atoms with Gasteiger partial charge in [-0.3, -0.25) is 9.88 Å². The molecule has 1 aliphatic rings. The number of benzene rings is 2. The second kappa shape index (κ2) is 8.94. The van der Waals surface area contributed by atoms with Crippen LogP contribution in [0.4, 0.5) is 4.79 Å². The van der Waals surface area contributed by atoms with Crippen LogP contribution in [0.25, 0.3) is 5.00 Å². The highest BCUT2D eigenvalue weighted by Gasteiger charge is 2.40. The Morgan fingerprint density at radius 2 is 1.80 bits per heavy atom. The van der Waals surface area contributed by atoms with Crippen molar-refractivity contribution in [2.45, 2.75) is 40.0 Å². The van der Waals surface area contributed by atoms with Crippen molar-refractivity contribution in [2.24, 2.45) is 4.99 Å². The van der Waals surface area contributed by atoms with Crippen molar-refractivity contribution in [1.29, 1.82) is 0 Å². The molecule has 35 heavy (non-hydrogen) atoms. The molecular weight excluding hydrogens is 482 g/mol. The van der Waals surface area contributed by atoms with E-state index in [9.17, 15) is 4.79 Å². The Morgan fingerprint density at radius 3 is 2.51 bits per heavy atom. The molecule has 9 heteroatoms. The molecule has 1 amide bonds. The number of nitrogens with zero attached hydrogens (tertiary/aromatic N) is 4. The van der Waals surface area contributed by atoms with Crippen LogP contribution in [0.1, 0.15) is 45.7 Å². The molecule has 0 bridgehead atoms. The van der Waals surface area contributed by atoms with Crippen molar-refractivity contribution >= 4 is 34.7 Å². The zero-order valence-corrected chi connectivity index (χ0v) is 21.4. The van der Waals surface area contributed by atoms with Crippen LogP contribution in [0.3, 0.4) is 0 Å². The van der Waals surface area contributed by atoms with Gasteiger partial charge in [0.2, 0.25) is 0 Å². The Balaban J connectivity index is 1.62. The van der Waals surface area contributed by atoms with Gasteiger partial charge in [-0.05, 0) is 51.0 Å². The van der Waals surface area contributed by atoms with Crippen LogP contribution >= 0.6 is 22.9 Å². The number of carbonyl (C=O) groups excluding carboxylic acids is 1. The summed E-state index contributed by atoms with van der Waals surface area (Å²) in [4.78, 5) is 19.3. The zero-order valence-electron chi connectivity index (χ0n) is 19.8. The number of carbonyl (C=O) groups is 1. The average molecular weight is 506 g/mol. The SMILES string of the molecule is Cc1sc2c(c1C)C(c1ccc(Cl)cc1)=NC(C)(NC(=O)OCc1ccccc1)c1nnc(C)n1-2. The summed E-state index contributed by atoms with van der Waals surface area (Å²) < 4.78 is 7.50. The number of amides is 1.